The molecule has 0 aliphatic rings. The van der Waals surface area contributed by atoms with Crippen LogP contribution in [0.25, 0.3) is 0 Å². The number of hydrogen-bond donors (Lipinski definition) is 1. The molecular formula is C12H21NO3. The monoisotopic (exact) mass is 227 g/mol. The van der Waals surface area contributed by atoms with Crippen molar-refractivity contribution in [1.29, 1.82) is 0 Å². The highest BCUT2D eigenvalue weighted by Crippen LogP contribution is 2.10. The van der Waals surface area contributed by atoms with E-state index in [1.54, 1.807) is 13.8 Å². The average Bonchev–Trinajstić information content (AvgIpc) is 2.14. The Kier molecular flexibility index (Phi) is 10.7. The van der Waals surface area contributed by atoms with E-state index in [-0.39, 0.29) is 11.6 Å². The van der Waals surface area contributed by atoms with Crippen LogP contribution in [0.5, 0.6) is 0 Å². The van der Waals surface area contributed by atoms with E-state index < -0.39 is 5.91 Å². The summed E-state index contributed by atoms with van der Waals surface area (Å²) in [6.45, 7) is 8.26. The summed E-state index contributed by atoms with van der Waals surface area (Å²) in [4.78, 5) is 30.6. The molecule has 4 heteroatoms. The molecule has 0 aliphatic heterocycles. The van der Waals surface area contributed by atoms with Crippen molar-refractivity contribution in [3.8, 4) is 0 Å². The molecule has 0 heterocycles. The minimum absolute atomic E-state index is 0.209. The molecule has 0 aromatic carbocycles. The lowest BCUT2D eigenvalue weighted by Crippen LogP contribution is -2.04. The number of primary amides is 1. The Hall–Kier alpha value is -1.45. The number of carbonyl (C=O) groups is 3. The van der Waals surface area contributed by atoms with Gasteiger partial charge in [0, 0.05) is 12.8 Å². The minimum atomic E-state index is -0.481. The highest BCUT2D eigenvalue weighted by atomic mass is 16.1. The van der Waals surface area contributed by atoms with Crippen LogP contribution in [0.3, 0.4) is 0 Å². The molecule has 0 bridgehead atoms. The van der Waals surface area contributed by atoms with E-state index in [9.17, 15) is 14.4 Å². The van der Waals surface area contributed by atoms with E-state index in [1.165, 1.54) is 0 Å². The Morgan fingerprint density at radius 1 is 1.25 bits per heavy atom. The molecule has 0 spiro atoms. The van der Waals surface area contributed by atoms with Crippen LogP contribution in [0.2, 0.25) is 0 Å². The molecular weight excluding hydrogens is 206 g/mol. The van der Waals surface area contributed by atoms with Crippen LogP contribution in [-0.4, -0.2) is 17.5 Å². The fourth-order valence-electron chi connectivity index (χ4n) is 1.04. The zero-order chi connectivity index (χ0) is 13.1. The largest absolute Gasteiger partial charge is 0.366 e. The molecule has 16 heavy (non-hydrogen) atoms. The van der Waals surface area contributed by atoms with Crippen LogP contribution in [0.4, 0.5) is 0 Å². The van der Waals surface area contributed by atoms with E-state index in [1.807, 2.05) is 6.92 Å². The fraction of sp³-hybridized carbons (Fsp3) is 0.583. The quantitative estimate of drug-likeness (QED) is 0.700. The number of nitrogens with two attached hydrogens (primary N) is 1. The second kappa shape index (κ2) is 10.1. The van der Waals surface area contributed by atoms with E-state index in [2.05, 4.69) is 12.3 Å². The third-order valence-corrected chi connectivity index (χ3v) is 1.83. The summed E-state index contributed by atoms with van der Waals surface area (Å²) in [7, 11) is 0. The molecule has 4 nitrogen and oxygen atoms in total. The zero-order valence-electron chi connectivity index (χ0n) is 10.3. The summed E-state index contributed by atoms with van der Waals surface area (Å²) in [5, 5.41) is 0. The zero-order valence-corrected chi connectivity index (χ0v) is 10.3. The lowest BCUT2D eigenvalue weighted by molar-refractivity contribution is -0.119. The van der Waals surface area contributed by atoms with Crippen LogP contribution in [0.15, 0.2) is 12.7 Å². The molecule has 0 radical (unpaired) electrons. The Balaban J connectivity index is 0. The summed E-state index contributed by atoms with van der Waals surface area (Å²) >= 11 is 0. The smallest absolute Gasteiger partial charge is 0.240 e. The maximum Gasteiger partial charge on any atom is 0.240 e. The molecule has 1 atom stereocenters. The lowest BCUT2D eigenvalue weighted by Gasteiger charge is -2.06. The van der Waals surface area contributed by atoms with Crippen LogP contribution >= 0.6 is 0 Å². The van der Waals surface area contributed by atoms with Gasteiger partial charge >= 0.3 is 0 Å². The Morgan fingerprint density at radius 3 is 1.94 bits per heavy atom. The topological polar surface area (TPSA) is 77.2 Å². The van der Waals surface area contributed by atoms with E-state index in [0.717, 1.165) is 12.5 Å². The molecule has 0 fully saturated rings. The second-order valence-electron chi connectivity index (χ2n) is 3.86. The van der Waals surface area contributed by atoms with Gasteiger partial charge in [0.15, 0.2) is 0 Å². The van der Waals surface area contributed by atoms with Crippen molar-refractivity contribution in [2.45, 2.75) is 40.0 Å². The lowest BCUT2D eigenvalue weighted by atomic mass is 9.99. The maximum atomic E-state index is 10.6. The van der Waals surface area contributed by atoms with Gasteiger partial charge in [0.05, 0.1) is 0 Å². The second-order valence-corrected chi connectivity index (χ2v) is 3.86. The summed E-state index contributed by atoms with van der Waals surface area (Å²) < 4.78 is 0. The summed E-state index contributed by atoms with van der Waals surface area (Å²) in [5.41, 5.74) is 4.53. The van der Waals surface area contributed by atoms with Crippen molar-refractivity contribution >= 4 is 17.5 Å². The molecule has 0 saturated heterocycles. The van der Waals surface area contributed by atoms with Crippen molar-refractivity contribution < 1.29 is 14.4 Å². The number of Topliss-reactive ketones (excluding diaryl/α,β-unsaturated/α-hetero) is 2. The molecule has 0 aromatic rings. The Morgan fingerprint density at radius 2 is 1.69 bits per heavy atom. The molecule has 0 aliphatic carbocycles. The van der Waals surface area contributed by atoms with Gasteiger partial charge in [0.2, 0.25) is 5.91 Å². The first-order valence-corrected chi connectivity index (χ1v) is 5.20. The first kappa shape index (κ1) is 17.0. The van der Waals surface area contributed by atoms with Gasteiger partial charge in [0.1, 0.15) is 11.6 Å². The third kappa shape index (κ3) is 18.4. The van der Waals surface area contributed by atoms with Gasteiger partial charge in [-0.15, -0.1) is 0 Å². The summed E-state index contributed by atoms with van der Waals surface area (Å²) in [6.07, 6.45) is 3.11. The Labute approximate surface area is 96.9 Å². The number of hydrogen-bond acceptors (Lipinski definition) is 3. The predicted molar refractivity (Wildman–Crippen MR) is 63.8 cm³/mol. The van der Waals surface area contributed by atoms with Gasteiger partial charge < -0.3 is 15.3 Å². The first-order chi connectivity index (χ1) is 7.29. The van der Waals surface area contributed by atoms with E-state index >= 15 is 0 Å². The van der Waals surface area contributed by atoms with Gasteiger partial charge in [-0.05, 0) is 32.3 Å². The SMILES string of the molecule is C=CC(N)=O.CC(=O)CCC(C)CC(C)=O. The number of rotatable bonds is 6. The molecule has 1 amide bonds. The fourth-order valence-corrected chi connectivity index (χ4v) is 1.04. The summed E-state index contributed by atoms with van der Waals surface area (Å²) in [6, 6.07) is 0. The molecule has 0 rings (SSSR count). The number of ketones is 2. The van der Waals surface area contributed by atoms with Crippen molar-refractivity contribution in [2.75, 3.05) is 0 Å². The predicted octanol–water partition coefficient (Wildman–Crippen LogP) is 1.63. The van der Waals surface area contributed by atoms with Crippen LogP contribution < -0.4 is 5.73 Å². The highest BCUT2D eigenvalue weighted by Gasteiger charge is 2.05. The molecule has 1 unspecified atom stereocenters. The number of amides is 1. The van der Waals surface area contributed by atoms with Crippen LogP contribution in [0.1, 0.15) is 40.0 Å². The van der Waals surface area contributed by atoms with Crippen LogP contribution in [0, 0.1) is 5.92 Å². The van der Waals surface area contributed by atoms with Crippen molar-refractivity contribution in [3.63, 3.8) is 0 Å². The molecule has 92 valence electrons. The molecule has 0 aromatic heterocycles. The van der Waals surface area contributed by atoms with Crippen molar-refractivity contribution in [2.24, 2.45) is 11.7 Å². The highest BCUT2D eigenvalue weighted by molar-refractivity contribution is 5.85. The maximum absolute atomic E-state index is 10.6. The standard InChI is InChI=1S/C9H16O2.C3H5NO/c1-7(6-9(3)11)4-5-8(2)10;1-2-3(4)5/h7H,4-6H2,1-3H3;2H,1H2,(H2,4,5). The third-order valence-electron chi connectivity index (χ3n) is 1.83. The van der Waals surface area contributed by atoms with E-state index in [4.69, 9.17) is 0 Å². The van der Waals surface area contributed by atoms with Crippen molar-refractivity contribution in [3.05, 3.63) is 12.7 Å². The van der Waals surface area contributed by atoms with Gasteiger partial charge in [-0.3, -0.25) is 4.79 Å². The van der Waals surface area contributed by atoms with Gasteiger partial charge in [-0.25, -0.2) is 0 Å². The van der Waals surface area contributed by atoms with Crippen molar-refractivity contribution in [1.82, 2.24) is 0 Å². The molecule has 2 N–H and O–H groups in total. The summed E-state index contributed by atoms with van der Waals surface area (Å²) in [5.74, 6) is 0.294. The minimum Gasteiger partial charge on any atom is -0.366 e. The average molecular weight is 227 g/mol. The first-order valence-electron chi connectivity index (χ1n) is 5.20. The molecule has 0 saturated carbocycles. The number of carbonyl (C=O) groups excluding carboxylic acids is 3. The Bertz CT molecular complexity index is 259. The van der Waals surface area contributed by atoms with Gasteiger partial charge in [-0.2, -0.15) is 0 Å². The van der Waals surface area contributed by atoms with Gasteiger partial charge in [-0.1, -0.05) is 13.5 Å². The normalized spacial score (nSPS) is 10.7. The van der Waals surface area contributed by atoms with Crippen LogP contribution in [-0.2, 0) is 14.4 Å². The van der Waals surface area contributed by atoms with E-state index in [0.29, 0.717) is 18.8 Å². The van der Waals surface area contributed by atoms with Gasteiger partial charge in [0.25, 0.3) is 0 Å².